The van der Waals surface area contributed by atoms with E-state index in [1.54, 1.807) is 31.2 Å². The summed E-state index contributed by atoms with van der Waals surface area (Å²) in [5.41, 5.74) is 3.83. The molecule has 0 saturated heterocycles. The molecule has 2 aromatic rings. The smallest absolute Gasteiger partial charge is 0.271 e. The van der Waals surface area contributed by atoms with Crippen LogP contribution in [0.25, 0.3) is 0 Å². The van der Waals surface area contributed by atoms with E-state index in [2.05, 4.69) is 10.5 Å². The first-order valence-electron chi connectivity index (χ1n) is 6.84. The van der Waals surface area contributed by atoms with Crippen molar-refractivity contribution in [1.82, 2.24) is 0 Å². The highest BCUT2D eigenvalue weighted by Gasteiger charge is 2.19. The third-order valence-electron chi connectivity index (χ3n) is 3.27. The second-order valence-electron chi connectivity index (χ2n) is 4.98. The normalized spacial score (nSPS) is 11.6. The molecule has 128 valence electrons. The number of hydrazone groups is 1. The second kappa shape index (κ2) is 7.08. The molecule has 10 heteroatoms. The van der Waals surface area contributed by atoms with Crippen LogP contribution in [0.2, 0.25) is 0 Å². The lowest BCUT2D eigenvalue weighted by molar-refractivity contribution is -0.384. The standard InChI is InChI=1S/C15H13N5O4S/c1-10(12-4-2-11(9-16)3-5-12)18-19-14-7-6-13(25(17,23)24)8-15(14)20(21)22/h2-8,19H,1H3,(H2,17,23,24)/b18-10+. The van der Waals surface area contributed by atoms with Crippen LogP contribution >= 0.6 is 0 Å². The molecule has 0 spiro atoms. The number of nitrogens with two attached hydrogens (primary N) is 1. The number of hydrogen-bond acceptors (Lipinski definition) is 7. The van der Waals surface area contributed by atoms with Crippen LogP contribution in [0.4, 0.5) is 11.4 Å². The molecular formula is C15H13N5O4S. The average molecular weight is 359 g/mol. The van der Waals surface area contributed by atoms with Crippen LogP contribution in [0.3, 0.4) is 0 Å². The number of benzene rings is 2. The van der Waals surface area contributed by atoms with E-state index in [4.69, 9.17) is 10.4 Å². The molecule has 0 heterocycles. The average Bonchev–Trinajstić information content (AvgIpc) is 2.58. The molecule has 2 rings (SSSR count). The molecule has 0 unspecified atom stereocenters. The van der Waals surface area contributed by atoms with Crippen molar-refractivity contribution in [1.29, 1.82) is 5.26 Å². The summed E-state index contributed by atoms with van der Waals surface area (Å²) >= 11 is 0. The molecule has 25 heavy (non-hydrogen) atoms. The van der Waals surface area contributed by atoms with E-state index in [-0.39, 0.29) is 10.6 Å². The molecule has 0 aliphatic heterocycles. The number of anilines is 1. The fourth-order valence-corrected chi connectivity index (χ4v) is 2.46. The van der Waals surface area contributed by atoms with Crippen LogP contribution in [0.5, 0.6) is 0 Å². The maximum atomic E-state index is 11.3. The summed E-state index contributed by atoms with van der Waals surface area (Å²) in [6, 6.07) is 11.9. The van der Waals surface area contributed by atoms with Gasteiger partial charge in [-0.05, 0) is 36.8 Å². The third-order valence-corrected chi connectivity index (χ3v) is 4.18. The van der Waals surface area contributed by atoms with Crippen LogP contribution in [0, 0.1) is 21.4 Å². The fraction of sp³-hybridized carbons (Fsp3) is 0.0667. The Labute approximate surface area is 143 Å². The van der Waals surface area contributed by atoms with Crippen molar-refractivity contribution >= 4 is 27.1 Å². The molecule has 0 bridgehead atoms. The van der Waals surface area contributed by atoms with E-state index in [1.165, 1.54) is 6.07 Å². The molecule has 0 saturated carbocycles. The molecule has 0 aliphatic rings. The van der Waals surface area contributed by atoms with E-state index >= 15 is 0 Å². The zero-order valence-corrected chi connectivity index (χ0v) is 13.8. The van der Waals surface area contributed by atoms with E-state index in [1.807, 2.05) is 6.07 Å². The Hall–Kier alpha value is -3.29. The minimum atomic E-state index is -4.05. The summed E-state index contributed by atoms with van der Waals surface area (Å²) in [7, 11) is -4.05. The van der Waals surface area contributed by atoms with Crippen LogP contribution < -0.4 is 10.6 Å². The Bertz CT molecular complexity index is 992. The van der Waals surface area contributed by atoms with Gasteiger partial charge in [0.25, 0.3) is 5.69 Å². The predicted octanol–water partition coefficient (Wildman–Crippen LogP) is 1.95. The van der Waals surface area contributed by atoms with Crippen molar-refractivity contribution in [2.45, 2.75) is 11.8 Å². The van der Waals surface area contributed by atoms with Crippen molar-refractivity contribution in [3.8, 4) is 6.07 Å². The highest BCUT2D eigenvalue weighted by molar-refractivity contribution is 7.89. The third kappa shape index (κ3) is 4.37. The van der Waals surface area contributed by atoms with E-state index in [9.17, 15) is 18.5 Å². The lowest BCUT2D eigenvalue weighted by Crippen LogP contribution is -2.12. The molecule has 0 atom stereocenters. The van der Waals surface area contributed by atoms with Gasteiger partial charge in [0, 0.05) is 6.07 Å². The SMILES string of the molecule is C/C(=N\Nc1ccc(S(N)(=O)=O)cc1[N+](=O)[O-])c1ccc(C#N)cc1. The first-order valence-corrected chi connectivity index (χ1v) is 8.39. The predicted molar refractivity (Wildman–Crippen MR) is 91.5 cm³/mol. The van der Waals surface area contributed by atoms with Gasteiger partial charge in [0.05, 0.1) is 27.2 Å². The lowest BCUT2D eigenvalue weighted by Gasteiger charge is -2.06. The van der Waals surface area contributed by atoms with Gasteiger partial charge in [-0.15, -0.1) is 0 Å². The van der Waals surface area contributed by atoms with Gasteiger partial charge >= 0.3 is 0 Å². The zero-order valence-electron chi connectivity index (χ0n) is 13.0. The van der Waals surface area contributed by atoms with E-state index in [0.717, 1.165) is 17.7 Å². The van der Waals surface area contributed by atoms with Crippen molar-refractivity contribution in [2.24, 2.45) is 10.2 Å². The molecule has 2 aromatic carbocycles. The lowest BCUT2D eigenvalue weighted by atomic mass is 10.1. The monoisotopic (exact) mass is 359 g/mol. The molecule has 9 nitrogen and oxygen atoms in total. The number of hydrogen-bond donors (Lipinski definition) is 2. The molecule has 0 amide bonds. The molecule has 3 N–H and O–H groups in total. The minimum absolute atomic E-state index is 0.0189. The van der Waals surface area contributed by atoms with Crippen molar-refractivity contribution in [3.05, 3.63) is 63.7 Å². The number of nitrogens with zero attached hydrogens (tertiary/aromatic N) is 3. The van der Waals surface area contributed by atoms with Gasteiger partial charge in [-0.1, -0.05) is 12.1 Å². The van der Waals surface area contributed by atoms with Gasteiger partial charge in [0.15, 0.2) is 0 Å². The summed E-state index contributed by atoms with van der Waals surface area (Å²) in [6.45, 7) is 1.68. The molecule has 0 fully saturated rings. The Morgan fingerprint density at radius 1 is 1.28 bits per heavy atom. The summed E-state index contributed by atoms with van der Waals surface area (Å²) in [4.78, 5) is 10.0. The minimum Gasteiger partial charge on any atom is -0.271 e. The highest BCUT2D eigenvalue weighted by atomic mass is 32.2. The Morgan fingerprint density at radius 2 is 1.92 bits per heavy atom. The number of sulfonamides is 1. The summed E-state index contributed by atoms with van der Waals surface area (Å²) in [6.07, 6.45) is 0. The largest absolute Gasteiger partial charge is 0.295 e. The Balaban J connectivity index is 2.32. The Morgan fingerprint density at radius 3 is 2.44 bits per heavy atom. The quantitative estimate of drug-likeness (QED) is 0.473. The number of nitro groups is 1. The topological polar surface area (TPSA) is 151 Å². The number of nitro benzene ring substituents is 1. The number of rotatable bonds is 5. The number of nitriles is 1. The molecule has 0 radical (unpaired) electrons. The van der Waals surface area contributed by atoms with Gasteiger partial charge in [-0.2, -0.15) is 10.4 Å². The van der Waals surface area contributed by atoms with Crippen LogP contribution in [-0.4, -0.2) is 19.1 Å². The van der Waals surface area contributed by atoms with Gasteiger partial charge < -0.3 is 0 Å². The molecule has 0 aromatic heterocycles. The van der Waals surface area contributed by atoms with E-state index in [0.29, 0.717) is 11.3 Å². The van der Waals surface area contributed by atoms with Gasteiger partial charge in [0.1, 0.15) is 5.69 Å². The van der Waals surface area contributed by atoms with Gasteiger partial charge in [-0.3, -0.25) is 15.5 Å². The molecule has 0 aliphatic carbocycles. The van der Waals surface area contributed by atoms with Gasteiger partial charge in [0.2, 0.25) is 10.0 Å². The summed E-state index contributed by atoms with van der Waals surface area (Å²) in [5, 5.41) is 28.9. The summed E-state index contributed by atoms with van der Waals surface area (Å²) in [5.74, 6) is 0. The van der Waals surface area contributed by atoms with Crippen molar-refractivity contribution in [3.63, 3.8) is 0 Å². The van der Waals surface area contributed by atoms with Crippen molar-refractivity contribution < 1.29 is 13.3 Å². The second-order valence-corrected chi connectivity index (χ2v) is 6.54. The highest BCUT2D eigenvalue weighted by Crippen LogP contribution is 2.27. The van der Waals surface area contributed by atoms with Crippen LogP contribution in [0.15, 0.2) is 52.5 Å². The maximum Gasteiger partial charge on any atom is 0.295 e. The van der Waals surface area contributed by atoms with Gasteiger partial charge in [-0.25, -0.2) is 13.6 Å². The van der Waals surface area contributed by atoms with Crippen LogP contribution in [-0.2, 0) is 10.0 Å². The van der Waals surface area contributed by atoms with E-state index < -0.39 is 20.6 Å². The number of nitrogens with one attached hydrogen (secondary N) is 1. The first kappa shape index (κ1) is 18.1. The Kier molecular flexibility index (Phi) is 5.11. The number of primary sulfonamides is 1. The first-order chi connectivity index (χ1) is 11.7. The fourth-order valence-electron chi connectivity index (χ4n) is 1.93. The summed E-state index contributed by atoms with van der Waals surface area (Å²) < 4.78 is 22.6. The van der Waals surface area contributed by atoms with Crippen molar-refractivity contribution in [2.75, 3.05) is 5.43 Å². The molecular weight excluding hydrogens is 346 g/mol. The zero-order chi connectivity index (χ0) is 18.6. The van der Waals surface area contributed by atoms with Crippen LogP contribution in [0.1, 0.15) is 18.1 Å². The maximum absolute atomic E-state index is 11.3.